The lowest BCUT2D eigenvalue weighted by atomic mass is 10.1. The van der Waals surface area contributed by atoms with Crippen LogP contribution in [-0.4, -0.2) is 101 Å². The maximum absolute atomic E-state index is 13.3. The number of ether oxygens (including phenoxy) is 2. The van der Waals surface area contributed by atoms with Crippen LogP contribution >= 0.6 is 0 Å². The summed E-state index contributed by atoms with van der Waals surface area (Å²) in [5, 5.41) is 11.9. The fraction of sp³-hybridized carbons (Fsp3) is 0.458. The van der Waals surface area contributed by atoms with Crippen LogP contribution in [0.25, 0.3) is 10.8 Å². The van der Waals surface area contributed by atoms with Gasteiger partial charge in [-0.15, -0.1) is 0 Å². The van der Waals surface area contributed by atoms with Crippen LogP contribution in [0.5, 0.6) is 0 Å². The quantitative estimate of drug-likeness (QED) is 0.259. The molecule has 13 heteroatoms. The van der Waals surface area contributed by atoms with Gasteiger partial charge >= 0.3 is 0 Å². The summed E-state index contributed by atoms with van der Waals surface area (Å²) in [5.41, 5.74) is 5.54. The Morgan fingerprint density at radius 1 is 1.05 bits per heavy atom. The predicted molar refractivity (Wildman–Crippen MR) is 136 cm³/mol. The SMILES string of the molecule is N=C(N)N1CCOC(CNC(=O)CC(NS(=O)(=O)c2ccc3ccccc3c2)C(=O)N2CCOCC2)C1. The third-order valence-corrected chi connectivity index (χ3v) is 7.81. The molecule has 2 heterocycles. The van der Waals surface area contributed by atoms with Gasteiger partial charge in [0.25, 0.3) is 0 Å². The van der Waals surface area contributed by atoms with Crippen molar-refractivity contribution in [2.24, 2.45) is 5.73 Å². The Bertz CT molecular complexity index is 1250. The largest absolute Gasteiger partial charge is 0.378 e. The lowest BCUT2D eigenvalue weighted by molar-refractivity contribution is -0.139. The van der Waals surface area contributed by atoms with Crippen molar-refractivity contribution in [3.05, 3.63) is 42.5 Å². The van der Waals surface area contributed by atoms with E-state index in [-0.39, 0.29) is 29.9 Å². The molecule has 2 saturated heterocycles. The zero-order valence-corrected chi connectivity index (χ0v) is 21.2. The van der Waals surface area contributed by atoms with Crippen molar-refractivity contribution in [2.45, 2.75) is 23.5 Å². The number of nitrogens with zero attached hydrogens (tertiary/aromatic N) is 2. The first-order valence-electron chi connectivity index (χ1n) is 12.1. The highest BCUT2D eigenvalue weighted by Gasteiger charge is 2.32. The highest BCUT2D eigenvalue weighted by Crippen LogP contribution is 2.20. The molecular weight excluding hydrogens is 500 g/mol. The van der Waals surface area contributed by atoms with Crippen LogP contribution in [0.4, 0.5) is 0 Å². The van der Waals surface area contributed by atoms with Crippen LogP contribution < -0.4 is 15.8 Å². The number of morpholine rings is 2. The number of amides is 2. The number of hydrogen-bond donors (Lipinski definition) is 4. The summed E-state index contributed by atoms with van der Waals surface area (Å²) >= 11 is 0. The Hall–Kier alpha value is -3.26. The summed E-state index contributed by atoms with van der Waals surface area (Å²) in [6, 6.07) is 10.8. The molecule has 2 unspecified atom stereocenters. The predicted octanol–water partition coefficient (Wildman–Crippen LogP) is -0.554. The van der Waals surface area contributed by atoms with E-state index in [9.17, 15) is 18.0 Å². The average Bonchev–Trinajstić information content (AvgIpc) is 2.91. The van der Waals surface area contributed by atoms with E-state index in [0.717, 1.165) is 10.8 Å². The topological polar surface area (TPSA) is 167 Å². The average molecular weight is 533 g/mol. The number of carbonyl (C=O) groups is 2. The number of hydrogen-bond acceptors (Lipinski definition) is 7. The molecule has 0 radical (unpaired) electrons. The first-order chi connectivity index (χ1) is 17.7. The lowest BCUT2D eigenvalue weighted by Gasteiger charge is -2.33. The van der Waals surface area contributed by atoms with Gasteiger partial charge in [-0.2, -0.15) is 4.72 Å². The molecule has 0 aromatic heterocycles. The molecule has 0 spiro atoms. The molecule has 0 saturated carbocycles. The van der Waals surface area contributed by atoms with E-state index in [4.69, 9.17) is 20.6 Å². The van der Waals surface area contributed by atoms with Crippen molar-refractivity contribution in [1.82, 2.24) is 19.8 Å². The Labute approximate surface area is 215 Å². The summed E-state index contributed by atoms with van der Waals surface area (Å²) in [4.78, 5) is 29.2. The first-order valence-corrected chi connectivity index (χ1v) is 13.6. The van der Waals surface area contributed by atoms with Crippen molar-refractivity contribution >= 4 is 38.6 Å². The van der Waals surface area contributed by atoms with Crippen LogP contribution in [0.2, 0.25) is 0 Å². The van der Waals surface area contributed by atoms with Gasteiger partial charge in [-0.25, -0.2) is 8.42 Å². The van der Waals surface area contributed by atoms with Gasteiger partial charge in [-0.05, 0) is 22.9 Å². The van der Waals surface area contributed by atoms with Gasteiger partial charge in [-0.3, -0.25) is 15.0 Å². The van der Waals surface area contributed by atoms with E-state index in [1.54, 1.807) is 17.0 Å². The fourth-order valence-corrected chi connectivity index (χ4v) is 5.54. The van der Waals surface area contributed by atoms with Gasteiger partial charge in [0.2, 0.25) is 21.8 Å². The normalized spacial score (nSPS) is 19.4. The summed E-state index contributed by atoms with van der Waals surface area (Å²) in [6.45, 7) is 2.65. The molecule has 2 amide bonds. The molecule has 2 aromatic rings. The lowest BCUT2D eigenvalue weighted by Crippen LogP contribution is -2.54. The van der Waals surface area contributed by atoms with E-state index in [2.05, 4.69) is 10.0 Å². The summed E-state index contributed by atoms with van der Waals surface area (Å²) in [5.74, 6) is -1.06. The maximum atomic E-state index is 13.3. The van der Waals surface area contributed by atoms with E-state index in [0.29, 0.717) is 46.0 Å². The summed E-state index contributed by atoms with van der Waals surface area (Å²) in [7, 11) is -4.11. The van der Waals surface area contributed by atoms with Gasteiger partial charge in [0.1, 0.15) is 6.04 Å². The molecular formula is C24H32N6O6S. The summed E-state index contributed by atoms with van der Waals surface area (Å²) in [6.07, 6.45) is -0.768. The Morgan fingerprint density at radius 2 is 1.76 bits per heavy atom. The van der Waals surface area contributed by atoms with Crippen LogP contribution in [-0.2, 0) is 29.1 Å². The van der Waals surface area contributed by atoms with Gasteiger partial charge in [-0.1, -0.05) is 30.3 Å². The van der Waals surface area contributed by atoms with Crippen LogP contribution in [0.3, 0.4) is 0 Å². The van der Waals surface area contributed by atoms with Gasteiger partial charge in [0.15, 0.2) is 5.96 Å². The van der Waals surface area contributed by atoms with Gasteiger partial charge in [0, 0.05) is 32.7 Å². The minimum Gasteiger partial charge on any atom is -0.378 e. The maximum Gasteiger partial charge on any atom is 0.241 e. The van der Waals surface area contributed by atoms with E-state index in [1.165, 1.54) is 17.0 Å². The molecule has 2 aliphatic rings. The number of carbonyl (C=O) groups excluding carboxylic acids is 2. The van der Waals surface area contributed by atoms with Crippen molar-refractivity contribution in [2.75, 3.05) is 52.5 Å². The second-order valence-corrected chi connectivity index (χ2v) is 10.7. The zero-order valence-electron chi connectivity index (χ0n) is 20.4. The zero-order chi connectivity index (χ0) is 26.4. The molecule has 12 nitrogen and oxygen atoms in total. The van der Waals surface area contributed by atoms with E-state index in [1.807, 2.05) is 18.2 Å². The van der Waals surface area contributed by atoms with Crippen LogP contribution in [0.1, 0.15) is 6.42 Å². The highest BCUT2D eigenvalue weighted by atomic mass is 32.2. The van der Waals surface area contributed by atoms with Crippen molar-refractivity contribution < 1.29 is 27.5 Å². The molecule has 2 fully saturated rings. The second kappa shape index (κ2) is 11.9. The number of nitrogens with two attached hydrogens (primary N) is 1. The smallest absolute Gasteiger partial charge is 0.241 e. The fourth-order valence-electron chi connectivity index (χ4n) is 4.32. The third kappa shape index (κ3) is 6.95. The minimum absolute atomic E-state index is 0.00585. The van der Waals surface area contributed by atoms with E-state index < -0.39 is 27.9 Å². The molecule has 4 rings (SSSR count). The Kier molecular flexibility index (Phi) is 8.59. The Balaban J connectivity index is 1.46. The Morgan fingerprint density at radius 3 is 2.49 bits per heavy atom. The second-order valence-electron chi connectivity index (χ2n) is 8.95. The molecule has 200 valence electrons. The molecule has 0 bridgehead atoms. The number of guanidine groups is 1. The molecule has 2 aromatic carbocycles. The number of sulfonamides is 1. The van der Waals surface area contributed by atoms with Crippen LogP contribution in [0, 0.1) is 5.41 Å². The molecule has 2 aliphatic heterocycles. The monoisotopic (exact) mass is 532 g/mol. The van der Waals surface area contributed by atoms with Crippen molar-refractivity contribution in [1.29, 1.82) is 5.41 Å². The molecule has 2 atom stereocenters. The highest BCUT2D eigenvalue weighted by molar-refractivity contribution is 7.89. The van der Waals surface area contributed by atoms with Crippen molar-refractivity contribution in [3.8, 4) is 0 Å². The van der Waals surface area contributed by atoms with E-state index >= 15 is 0 Å². The molecule has 5 N–H and O–H groups in total. The minimum atomic E-state index is -4.11. The van der Waals surface area contributed by atoms with Gasteiger partial charge in [0.05, 0.1) is 37.2 Å². The molecule has 37 heavy (non-hydrogen) atoms. The third-order valence-electron chi connectivity index (χ3n) is 6.35. The van der Waals surface area contributed by atoms with Gasteiger partial charge < -0.3 is 30.3 Å². The van der Waals surface area contributed by atoms with Crippen molar-refractivity contribution in [3.63, 3.8) is 0 Å². The summed E-state index contributed by atoms with van der Waals surface area (Å²) < 4.78 is 39.9. The van der Waals surface area contributed by atoms with Crippen LogP contribution in [0.15, 0.2) is 47.4 Å². The number of fused-ring (bicyclic) bond motifs is 1. The first kappa shape index (κ1) is 26.8. The number of benzene rings is 2. The number of rotatable bonds is 8. The number of nitrogens with one attached hydrogen (secondary N) is 3. The standard InChI is InChI=1S/C24H32N6O6S/c25-24(26)30-9-12-36-19(16-30)15-27-22(31)14-21(23(32)29-7-10-35-11-8-29)28-37(33,34)20-6-5-17-3-1-2-4-18(17)13-20/h1-6,13,19,21,28H,7-12,14-16H2,(H3,25,26)(H,27,31). The molecule has 0 aliphatic carbocycles.